The zero-order chi connectivity index (χ0) is 13.5. The molecule has 0 spiro atoms. The molecule has 0 radical (unpaired) electrons. The number of rotatable bonds is 6. The second kappa shape index (κ2) is 6.53. The Morgan fingerprint density at radius 2 is 2.22 bits per heavy atom. The monoisotopic (exact) mass is 253 g/mol. The molecule has 98 valence electrons. The smallest absolute Gasteiger partial charge is 0.347 e. The first-order valence-corrected chi connectivity index (χ1v) is 5.55. The molecule has 0 bridgehead atoms. The van der Waals surface area contributed by atoms with E-state index in [0.29, 0.717) is 13.0 Å². The third kappa shape index (κ3) is 4.00. The van der Waals surface area contributed by atoms with Crippen LogP contribution in [0.3, 0.4) is 0 Å². The standard InChI is InChI=1S/C11H15N3O4/c1-2-5-13(8-10(16)17)9(15)7-14-6-3-4-12-11(14)18/h3-4,6H,2,5,7-8H2,1H3,(H,16,17). The summed E-state index contributed by atoms with van der Waals surface area (Å²) >= 11 is 0. The van der Waals surface area contributed by atoms with Gasteiger partial charge in [0.15, 0.2) is 0 Å². The zero-order valence-corrected chi connectivity index (χ0v) is 10.1. The van der Waals surface area contributed by atoms with Gasteiger partial charge in [-0.2, -0.15) is 0 Å². The van der Waals surface area contributed by atoms with Crippen LogP contribution in [-0.4, -0.2) is 44.5 Å². The van der Waals surface area contributed by atoms with Crippen molar-refractivity contribution in [2.75, 3.05) is 13.1 Å². The van der Waals surface area contributed by atoms with Crippen LogP contribution in [0.4, 0.5) is 0 Å². The second-order valence-corrected chi connectivity index (χ2v) is 3.74. The van der Waals surface area contributed by atoms with Crippen LogP contribution in [0.25, 0.3) is 0 Å². The highest BCUT2D eigenvalue weighted by molar-refractivity contribution is 5.81. The number of nitrogens with zero attached hydrogens (tertiary/aromatic N) is 3. The van der Waals surface area contributed by atoms with Crippen LogP contribution in [0.5, 0.6) is 0 Å². The molecule has 1 N–H and O–H groups in total. The van der Waals surface area contributed by atoms with E-state index < -0.39 is 17.6 Å². The quantitative estimate of drug-likeness (QED) is 0.742. The molecule has 0 atom stereocenters. The minimum Gasteiger partial charge on any atom is -0.480 e. The van der Waals surface area contributed by atoms with Gasteiger partial charge in [-0.1, -0.05) is 6.92 Å². The molecule has 1 heterocycles. The lowest BCUT2D eigenvalue weighted by Crippen LogP contribution is -2.40. The molecule has 0 saturated carbocycles. The lowest BCUT2D eigenvalue weighted by molar-refractivity contribution is -0.144. The number of carboxylic acid groups (broad SMARTS) is 1. The predicted octanol–water partition coefficient (Wildman–Crippen LogP) is -0.434. The number of carboxylic acids is 1. The van der Waals surface area contributed by atoms with Gasteiger partial charge in [-0.05, 0) is 12.5 Å². The van der Waals surface area contributed by atoms with Gasteiger partial charge in [-0.3, -0.25) is 14.2 Å². The van der Waals surface area contributed by atoms with Gasteiger partial charge in [0.1, 0.15) is 13.1 Å². The minimum absolute atomic E-state index is 0.194. The maximum Gasteiger partial charge on any atom is 0.347 e. The van der Waals surface area contributed by atoms with Crippen LogP contribution in [0, 0.1) is 0 Å². The van der Waals surface area contributed by atoms with Crippen molar-refractivity contribution < 1.29 is 14.7 Å². The Hall–Kier alpha value is -2.18. The summed E-state index contributed by atoms with van der Waals surface area (Å²) < 4.78 is 1.15. The Bertz CT molecular complexity index is 483. The molecular weight excluding hydrogens is 238 g/mol. The van der Waals surface area contributed by atoms with E-state index in [-0.39, 0.29) is 13.1 Å². The minimum atomic E-state index is -1.07. The van der Waals surface area contributed by atoms with E-state index in [1.165, 1.54) is 23.4 Å². The van der Waals surface area contributed by atoms with Crippen molar-refractivity contribution >= 4 is 11.9 Å². The highest BCUT2D eigenvalue weighted by Crippen LogP contribution is 1.95. The first kappa shape index (κ1) is 13.9. The highest BCUT2D eigenvalue weighted by Gasteiger charge is 2.16. The van der Waals surface area contributed by atoms with E-state index in [4.69, 9.17) is 5.11 Å². The van der Waals surface area contributed by atoms with Gasteiger partial charge < -0.3 is 10.0 Å². The topological polar surface area (TPSA) is 92.5 Å². The summed E-state index contributed by atoms with van der Waals surface area (Å²) in [7, 11) is 0. The van der Waals surface area contributed by atoms with Gasteiger partial charge in [0.05, 0.1) is 0 Å². The summed E-state index contributed by atoms with van der Waals surface area (Å²) in [5.41, 5.74) is -0.530. The van der Waals surface area contributed by atoms with E-state index in [1.54, 1.807) is 0 Å². The van der Waals surface area contributed by atoms with Crippen LogP contribution in [0.1, 0.15) is 13.3 Å². The summed E-state index contributed by atoms with van der Waals surface area (Å²) in [6, 6.07) is 1.54. The largest absolute Gasteiger partial charge is 0.480 e. The molecule has 18 heavy (non-hydrogen) atoms. The van der Waals surface area contributed by atoms with Gasteiger partial charge in [-0.25, -0.2) is 9.78 Å². The lowest BCUT2D eigenvalue weighted by atomic mass is 10.3. The van der Waals surface area contributed by atoms with E-state index in [1.807, 2.05) is 6.92 Å². The van der Waals surface area contributed by atoms with E-state index in [0.717, 1.165) is 4.57 Å². The summed E-state index contributed by atoms with van der Waals surface area (Å²) in [5, 5.41) is 8.71. The summed E-state index contributed by atoms with van der Waals surface area (Å²) in [6.45, 7) is 1.64. The van der Waals surface area contributed by atoms with Crippen molar-refractivity contribution in [3.8, 4) is 0 Å². The van der Waals surface area contributed by atoms with Crippen molar-refractivity contribution in [1.82, 2.24) is 14.5 Å². The normalized spacial score (nSPS) is 10.1. The fraction of sp³-hybridized carbons (Fsp3) is 0.455. The van der Waals surface area contributed by atoms with E-state index >= 15 is 0 Å². The number of hydrogen-bond donors (Lipinski definition) is 1. The molecule has 0 aromatic carbocycles. The zero-order valence-electron chi connectivity index (χ0n) is 10.1. The Kier molecular flexibility index (Phi) is 5.04. The number of aliphatic carboxylic acids is 1. The van der Waals surface area contributed by atoms with E-state index in [2.05, 4.69) is 4.98 Å². The van der Waals surface area contributed by atoms with Crippen LogP contribution >= 0.6 is 0 Å². The van der Waals surface area contributed by atoms with Gasteiger partial charge in [0, 0.05) is 18.9 Å². The number of amides is 1. The van der Waals surface area contributed by atoms with Gasteiger partial charge >= 0.3 is 11.7 Å². The number of carbonyl (C=O) groups excluding carboxylic acids is 1. The summed E-state index contributed by atoms with van der Waals surface area (Å²) in [4.78, 5) is 38.5. The molecule has 0 fully saturated rings. The molecule has 1 rings (SSSR count). The van der Waals surface area contributed by atoms with Crippen molar-refractivity contribution in [2.24, 2.45) is 0 Å². The summed E-state index contributed by atoms with van der Waals surface area (Å²) in [6.07, 6.45) is 3.43. The van der Waals surface area contributed by atoms with Crippen molar-refractivity contribution in [1.29, 1.82) is 0 Å². The highest BCUT2D eigenvalue weighted by atomic mass is 16.4. The number of carbonyl (C=O) groups is 2. The maximum absolute atomic E-state index is 11.9. The molecule has 0 unspecified atom stereocenters. The fourth-order valence-electron chi connectivity index (χ4n) is 1.48. The average molecular weight is 253 g/mol. The van der Waals surface area contributed by atoms with Gasteiger partial charge in [-0.15, -0.1) is 0 Å². The maximum atomic E-state index is 11.9. The molecule has 1 aromatic heterocycles. The van der Waals surface area contributed by atoms with Gasteiger partial charge in [0.25, 0.3) is 0 Å². The molecule has 0 aliphatic carbocycles. The number of aromatic nitrogens is 2. The average Bonchev–Trinajstić information content (AvgIpc) is 2.31. The molecule has 0 aliphatic rings. The molecule has 7 nitrogen and oxygen atoms in total. The first-order valence-electron chi connectivity index (χ1n) is 5.55. The van der Waals surface area contributed by atoms with Gasteiger partial charge in [0.2, 0.25) is 5.91 Å². The molecule has 1 aromatic rings. The Balaban J connectivity index is 2.75. The van der Waals surface area contributed by atoms with Crippen LogP contribution in [0.15, 0.2) is 23.3 Å². The van der Waals surface area contributed by atoms with Crippen molar-refractivity contribution in [2.45, 2.75) is 19.9 Å². The number of hydrogen-bond acceptors (Lipinski definition) is 4. The molecule has 0 aliphatic heterocycles. The van der Waals surface area contributed by atoms with E-state index in [9.17, 15) is 14.4 Å². The third-order valence-corrected chi connectivity index (χ3v) is 2.26. The predicted molar refractivity (Wildman–Crippen MR) is 63.0 cm³/mol. The SMILES string of the molecule is CCCN(CC(=O)O)C(=O)Cn1cccnc1=O. The molecule has 1 amide bonds. The van der Waals surface area contributed by atoms with Crippen LogP contribution < -0.4 is 5.69 Å². The third-order valence-electron chi connectivity index (χ3n) is 2.26. The van der Waals surface area contributed by atoms with Crippen LogP contribution in [-0.2, 0) is 16.1 Å². The molecule has 7 heteroatoms. The molecule has 0 saturated heterocycles. The second-order valence-electron chi connectivity index (χ2n) is 3.74. The lowest BCUT2D eigenvalue weighted by Gasteiger charge is -2.20. The molecular formula is C11H15N3O4. The van der Waals surface area contributed by atoms with Crippen molar-refractivity contribution in [3.63, 3.8) is 0 Å². The Labute approximate surface area is 104 Å². The van der Waals surface area contributed by atoms with Crippen LogP contribution in [0.2, 0.25) is 0 Å². The fourth-order valence-corrected chi connectivity index (χ4v) is 1.48. The first-order chi connectivity index (χ1) is 8.54. The Morgan fingerprint density at radius 3 is 2.78 bits per heavy atom. The Morgan fingerprint density at radius 1 is 1.50 bits per heavy atom. The van der Waals surface area contributed by atoms with Crippen molar-refractivity contribution in [3.05, 3.63) is 28.9 Å². The summed E-state index contributed by atoms with van der Waals surface area (Å²) in [5.74, 6) is -1.48.